The number of hydrogen-bond acceptors (Lipinski definition) is 4. The van der Waals surface area contributed by atoms with Crippen molar-refractivity contribution >= 4 is 17.7 Å². The molecule has 2 unspecified atom stereocenters. The highest BCUT2D eigenvalue weighted by Crippen LogP contribution is 2.18. The fourth-order valence-electron chi connectivity index (χ4n) is 1.98. The third kappa shape index (κ3) is 4.72. The quantitative estimate of drug-likeness (QED) is 0.660. The van der Waals surface area contributed by atoms with Gasteiger partial charge in [0, 0.05) is 6.04 Å². The Bertz CT molecular complexity index is 226. The average molecular weight is 246 g/mol. The van der Waals surface area contributed by atoms with Gasteiger partial charge in [-0.2, -0.15) is 11.8 Å². The van der Waals surface area contributed by atoms with Gasteiger partial charge in [-0.1, -0.05) is 0 Å². The van der Waals surface area contributed by atoms with E-state index in [2.05, 4.69) is 5.32 Å². The molecule has 0 radical (unpaired) electrons. The fraction of sp³-hybridized carbons (Fsp3) is 0.909. The Morgan fingerprint density at radius 1 is 1.62 bits per heavy atom. The largest absolute Gasteiger partial charge is 0.393 e. The van der Waals surface area contributed by atoms with Gasteiger partial charge in [0.05, 0.1) is 12.1 Å². The second-order valence-corrected chi connectivity index (χ2v) is 5.40. The van der Waals surface area contributed by atoms with Gasteiger partial charge in [-0.05, 0) is 44.1 Å². The van der Waals surface area contributed by atoms with Gasteiger partial charge < -0.3 is 16.2 Å². The predicted molar refractivity (Wildman–Crippen MR) is 67.4 cm³/mol. The van der Waals surface area contributed by atoms with Crippen molar-refractivity contribution in [2.75, 3.05) is 12.0 Å². The molecule has 1 fully saturated rings. The molecule has 1 saturated carbocycles. The standard InChI is InChI=1S/C11H22N2O2S/c1-16-6-5-10(12)11(15)13-8-3-2-4-9(14)7-8/h8-10,14H,2-7,12H2,1H3,(H,13,15)/t8?,9?,10-/m1/s1. The minimum absolute atomic E-state index is 0.0758. The predicted octanol–water partition coefficient (Wildman–Crippen LogP) is 0.486. The van der Waals surface area contributed by atoms with Crippen molar-refractivity contribution in [3.8, 4) is 0 Å². The van der Waals surface area contributed by atoms with Crippen LogP contribution < -0.4 is 11.1 Å². The highest BCUT2D eigenvalue weighted by atomic mass is 32.2. The number of nitrogens with two attached hydrogens (primary N) is 1. The summed E-state index contributed by atoms with van der Waals surface area (Å²) < 4.78 is 0. The Hall–Kier alpha value is -0.260. The summed E-state index contributed by atoms with van der Waals surface area (Å²) >= 11 is 1.69. The normalized spacial score (nSPS) is 27.4. The highest BCUT2D eigenvalue weighted by molar-refractivity contribution is 7.98. The van der Waals surface area contributed by atoms with Crippen LogP contribution in [0.25, 0.3) is 0 Å². The van der Waals surface area contributed by atoms with Gasteiger partial charge >= 0.3 is 0 Å². The SMILES string of the molecule is CSCC[C@@H](N)C(=O)NC1CCCC(O)C1. The molecule has 4 nitrogen and oxygen atoms in total. The van der Waals surface area contributed by atoms with Crippen molar-refractivity contribution in [1.29, 1.82) is 0 Å². The molecule has 0 aromatic heterocycles. The first-order valence-corrected chi connectivity index (χ1v) is 7.26. The minimum Gasteiger partial charge on any atom is -0.393 e. The second-order valence-electron chi connectivity index (χ2n) is 4.41. The summed E-state index contributed by atoms with van der Waals surface area (Å²) in [5.74, 6) is 0.829. The molecular formula is C11H22N2O2S. The van der Waals surface area contributed by atoms with Gasteiger partial charge in [0.25, 0.3) is 0 Å². The molecule has 0 spiro atoms. The van der Waals surface area contributed by atoms with Gasteiger partial charge in [-0.3, -0.25) is 4.79 Å². The topological polar surface area (TPSA) is 75.4 Å². The maximum absolute atomic E-state index is 11.7. The summed E-state index contributed by atoms with van der Waals surface area (Å²) in [7, 11) is 0. The molecule has 0 aromatic carbocycles. The van der Waals surface area contributed by atoms with Crippen LogP contribution in [-0.4, -0.2) is 41.2 Å². The smallest absolute Gasteiger partial charge is 0.237 e. The molecule has 16 heavy (non-hydrogen) atoms. The van der Waals surface area contributed by atoms with Crippen molar-refractivity contribution in [3.63, 3.8) is 0 Å². The highest BCUT2D eigenvalue weighted by Gasteiger charge is 2.23. The van der Waals surface area contributed by atoms with Crippen molar-refractivity contribution in [2.24, 2.45) is 5.73 Å². The zero-order chi connectivity index (χ0) is 12.0. The summed E-state index contributed by atoms with van der Waals surface area (Å²) in [5.41, 5.74) is 5.77. The maximum Gasteiger partial charge on any atom is 0.237 e. The van der Waals surface area contributed by atoms with E-state index >= 15 is 0 Å². The Labute approximate surface area is 101 Å². The van der Waals surface area contributed by atoms with Crippen LogP contribution >= 0.6 is 11.8 Å². The van der Waals surface area contributed by atoms with Crippen LogP contribution in [-0.2, 0) is 4.79 Å². The lowest BCUT2D eigenvalue weighted by molar-refractivity contribution is -0.123. The van der Waals surface area contributed by atoms with Gasteiger partial charge in [-0.25, -0.2) is 0 Å². The molecule has 94 valence electrons. The number of hydrogen-bond donors (Lipinski definition) is 3. The first-order chi connectivity index (χ1) is 7.63. The van der Waals surface area contributed by atoms with E-state index in [1.807, 2.05) is 6.26 Å². The molecule has 5 heteroatoms. The fourth-order valence-corrected chi connectivity index (χ4v) is 2.47. The molecule has 0 aromatic rings. The van der Waals surface area contributed by atoms with Crippen LogP contribution in [0.4, 0.5) is 0 Å². The molecule has 4 N–H and O–H groups in total. The van der Waals surface area contributed by atoms with E-state index in [4.69, 9.17) is 5.73 Å². The van der Waals surface area contributed by atoms with Crippen LogP contribution in [0.2, 0.25) is 0 Å². The summed E-state index contributed by atoms with van der Waals surface area (Å²) in [6.45, 7) is 0. The lowest BCUT2D eigenvalue weighted by Gasteiger charge is -2.27. The molecule has 0 heterocycles. The van der Waals surface area contributed by atoms with Gasteiger partial charge in [-0.15, -0.1) is 0 Å². The molecular weight excluding hydrogens is 224 g/mol. The van der Waals surface area contributed by atoms with E-state index < -0.39 is 6.04 Å². The van der Waals surface area contributed by atoms with E-state index in [-0.39, 0.29) is 18.1 Å². The number of nitrogens with one attached hydrogen (secondary N) is 1. The molecule has 0 bridgehead atoms. The molecule has 0 saturated heterocycles. The Kier molecular flexibility index (Phi) is 6.16. The molecule has 1 amide bonds. The zero-order valence-corrected chi connectivity index (χ0v) is 10.6. The first-order valence-electron chi connectivity index (χ1n) is 5.86. The number of carbonyl (C=O) groups is 1. The third-order valence-corrected chi connectivity index (χ3v) is 3.61. The molecule has 3 atom stereocenters. The number of aliphatic hydroxyl groups is 1. The van der Waals surface area contributed by atoms with Crippen molar-refractivity contribution < 1.29 is 9.90 Å². The summed E-state index contributed by atoms with van der Waals surface area (Å²) in [5, 5.41) is 12.4. The average Bonchev–Trinajstić information content (AvgIpc) is 2.25. The number of amides is 1. The van der Waals surface area contributed by atoms with Gasteiger partial charge in [0.2, 0.25) is 5.91 Å². The number of aliphatic hydroxyl groups excluding tert-OH is 1. The zero-order valence-electron chi connectivity index (χ0n) is 9.82. The number of rotatable bonds is 5. The first kappa shape index (κ1) is 13.8. The molecule has 1 aliphatic rings. The summed E-state index contributed by atoms with van der Waals surface area (Å²) in [4.78, 5) is 11.7. The van der Waals surface area contributed by atoms with Crippen molar-refractivity contribution in [1.82, 2.24) is 5.32 Å². The summed E-state index contributed by atoms with van der Waals surface area (Å²) in [6.07, 6.45) is 5.90. The summed E-state index contributed by atoms with van der Waals surface area (Å²) in [6, 6.07) is -0.303. The van der Waals surface area contributed by atoms with Crippen LogP contribution in [0.3, 0.4) is 0 Å². The Morgan fingerprint density at radius 3 is 3.00 bits per heavy atom. The number of thioether (sulfide) groups is 1. The Morgan fingerprint density at radius 2 is 2.38 bits per heavy atom. The molecule has 1 aliphatic carbocycles. The van der Waals surface area contributed by atoms with Crippen LogP contribution in [0.15, 0.2) is 0 Å². The number of carbonyl (C=O) groups excluding carboxylic acids is 1. The van der Waals surface area contributed by atoms with Crippen molar-refractivity contribution in [2.45, 2.75) is 50.3 Å². The van der Waals surface area contributed by atoms with E-state index in [0.29, 0.717) is 12.8 Å². The van der Waals surface area contributed by atoms with Crippen LogP contribution in [0.1, 0.15) is 32.1 Å². The Balaban J connectivity index is 2.26. The van der Waals surface area contributed by atoms with Gasteiger partial charge in [0.1, 0.15) is 0 Å². The van der Waals surface area contributed by atoms with E-state index in [1.54, 1.807) is 11.8 Å². The van der Waals surface area contributed by atoms with E-state index in [0.717, 1.165) is 25.0 Å². The molecule has 0 aliphatic heterocycles. The lowest BCUT2D eigenvalue weighted by Crippen LogP contribution is -2.47. The lowest BCUT2D eigenvalue weighted by atomic mass is 9.93. The van der Waals surface area contributed by atoms with E-state index in [9.17, 15) is 9.90 Å². The molecule has 1 rings (SSSR count). The second kappa shape index (κ2) is 7.14. The van der Waals surface area contributed by atoms with Gasteiger partial charge in [0.15, 0.2) is 0 Å². The minimum atomic E-state index is -0.411. The van der Waals surface area contributed by atoms with Crippen molar-refractivity contribution in [3.05, 3.63) is 0 Å². The third-order valence-electron chi connectivity index (χ3n) is 2.96. The maximum atomic E-state index is 11.7. The van der Waals surface area contributed by atoms with Crippen LogP contribution in [0.5, 0.6) is 0 Å². The monoisotopic (exact) mass is 246 g/mol. The van der Waals surface area contributed by atoms with Crippen LogP contribution in [0, 0.1) is 0 Å². The van der Waals surface area contributed by atoms with E-state index in [1.165, 1.54) is 0 Å².